The Hall–Kier alpha value is -1.77. The molecule has 2 aliphatic carbocycles. The average Bonchev–Trinajstić information content (AvgIpc) is 3.01. The summed E-state index contributed by atoms with van der Waals surface area (Å²) in [6, 6.07) is -0.445. The van der Waals surface area contributed by atoms with Crippen LogP contribution in [0.3, 0.4) is 0 Å². The predicted molar refractivity (Wildman–Crippen MR) is 77.6 cm³/mol. The van der Waals surface area contributed by atoms with Gasteiger partial charge in [0, 0.05) is 5.69 Å². The highest BCUT2D eigenvalue weighted by Gasteiger charge is 2.28. The Balaban J connectivity index is 2.21. The summed E-state index contributed by atoms with van der Waals surface area (Å²) in [5.41, 5.74) is 13.4. The van der Waals surface area contributed by atoms with Crippen molar-refractivity contribution in [1.29, 1.82) is 0 Å². The van der Waals surface area contributed by atoms with Gasteiger partial charge in [-0.1, -0.05) is 6.08 Å². The second kappa shape index (κ2) is 4.72. The third-order valence-corrected chi connectivity index (χ3v) is 4.36. The molecule has 0 aliphatic heterocycles. The molecule has 2 aliphatic rings. The summed E-state index contributed by atoms with van der Waals surface area (Å²) >= 11 is 0. The minimum atomic E-state index is -0.445. The van der Waals surface area contributed by atoms with Crippen LogP contribution in [0.2, 0.25) is 0 Å². The van der Waals surface area contributed by atoms with E-state index in [2.05, 4.69) is 11.9 Å². The van der Waals surface area contributed by atoms with Gasteiger partial charge in [-0.2, -0.15) is 0 Å². The van der Waals surface area contributed by atoms with E-state index in [1.807, 2.05) is 6.08 Å². The molecule has 0 saturated carbocycles. The minimum Gasteiger partial charge on any atom is -0.351 e. The highest BCUT2D eigenvalue weighted by atomic mass is 16.2. The third-order valence-electron chi connectivity index (χ3n) is 4.36. The van der Waals surface area contributed by atoms with Gasteiger partial charge in [-0.15, -0.1) is 6.58 Å². The number of carbonyl (C=O) groups is 1. The maximum absolute atomic E-state index is 11.3. The second-order valence-corrected chi connectivity index (χ2v) is 5.46. The first-order valence-corrected chi connectivity index (χ1v) is 7.08. The summed E-state index contributed by atoms with van der Waals surface area (Å²) in [6.45, 7) is 3.89. The zero-order valence-corrected chi connectivity index (χ0v) is 11.2. The van der Waals surface area contributed by atoms with E-state index in [1.165, 1.54) is 40.7 Å². The van der Waals surface area contributed by atoms with Gasteiger partial charge in [0.2, 0.25) is 0 Å². The molecule has 2 amide bonds. The number of carbonyl (C=O) groups excluding carboxylic acids is 1. The molecule has 1 aromatic rings. The largest absolute Gasteiger partial charge is 0.351 e. The van der Waals surface area contributed by atoms with Crippen LogP contribution >= 0.6 is 0 Å². The monoisotopic (exact) mass is 256 g/mol. The number of nitrogens with two attached hydrogens (primary N) is 1. The number of amides is 2. The number of allylic oxidation sites excluding steroid dienone is 1. The Labute approximate surface area is 113 Å². The van der Waals surface area contributed by atoms with Crippen LogP contribution in [0.25, 0.3) is 0 Å². The number of anilines is 1. The predicted octanol–water partition coefficient (Wildman–Crippen LogP) is 2.88. The Morgan fingerprint density at radius 1 is 1.11 bits per heavy atom. The van der Waals surface area contributed by atoms with E-state index in [0.717, 1.165) is 37.8 Å². The van der Waals surface area contributed by atoms with Crippen molar-refractivity contribution >= 4 is 11.7 Å². The summed E-state index contributed by atoms with van der Waals surface area (Å²) in [4.78, 5) is 11.3. The molecule has 0 fully saturated rings. The summed E-state index contributed by atoms with van der Waals surface area (Å²) in [6.07, 6.45) is 9.66. The van der Waals surface area contributed by atoms with Gasteiger partial charge in [-0.3, -0.25) is 0 Å². The van der Waals surface area contributed by atoms with E-state index in [4.69, 9.17) is 5.73 Å². The van der Waals surface area contributed by atoms with Crippen LogP contribution in [-0.4, -0.2) is 6.03 Å². The Morgan fingerprint density at radius 3 is 2.11 bits per heavy atom. The molecule has 0 radical (unpaired) electrons. The smallest absolute Gasteiger partial charge is 0.316 e. The van der Waals surface area contributed by atoms with E-state index in [1.54, 1.807) is 0 Å². The molecule has 0 atom stereocenters. The van der Waals surface area contributed by atoms with Crippen LogP contribution in [0.1, 0.15) is 40.7 Å². The molecule has 0 spiro atoms. The first-order chi connectivity index (χ1) is 9.22. The van der Waals surface area contributed by atoms with Gasteiger partial charge >= 0.3 is 6.03 Å². The number of benzene rings is 1. The van der Waals surface area contributed by atoms with Gasteiger partial charge in [-0.05, 0) is 72.8 Å². The highest BCUT2D eigenvalue weighted by Crippen LogP contribution is 2.42. The van der Waals surface area contributed by atoms with E-state index in [9.17, 15) is 4.79 Å². The van der Waals surface area contributed by atoms with Crippen molar-refractivity contribution in [1.82, 2.24) is 0 Å². The lowest BCUT2D eigenvalue weighted by Crippen LogP contribution is -2.22. The molecule has 19 heavy (non-hydrogen) atoms. The number of nitrogens with one attached hydrogen (secondary N) is 1. The van der Waals surface area contributed by atoms with Crippen LogP contribution in [0, 0.1) is 0 Å². The summed E-state index contributed by atoms with van der Waals surface area (Å²) in [7, 11) is 0. The lowest BCUT2D eigenvalue weighted by Gasteiger charge is -2.19. The summed E-state index contributed by atoms with van der Waals surface area (Å²) in [5, 5.41) is 2.89. The van der Waals surface area contributed by atoms with Crippen LogP contribution in [0.4, 0.5) is 10.5 Å². The number of primary amides is 1. The molecule has 0 unspecified atom stereocenters. The quantitative estimate of drug-likeness (QED) is 0.803. The molecular weight excluding hydrogens is 236 g/mol. The molecule has 3 N–H and O–H groups in total. The van der Waals surface area contributed by atoms with Crippen molar-refractivity contribution in [3.63, 3.8) is 0 Å². The normalized spacial score (nSPS) is 16.0. The van der Waals surface area contributed by atoms with E-state index in [-0.39, 0.29) is 0 Å². The Bertz CT molecular complexity index is 525. The van der Waals surface area contributed by atoms with Crippen molar-refractivity contribution in [2.45, 2.75) is 44.9 Å². The molecule has 0 bridgehead atoms. The number of hydrogen-bond acceptors (Lipinski definition) is 1. The number of urea groups is 1. The maximum Gasteiger partial charge on any atom is 0.316 e. The zero-order valence-electron chi connectivity index (χ0n) is 11.2. The minimum absolute atomic E-state index is 0.445. The van der Waals surface area contributed by atoms with Crippen molar-refractivity contribution in [3.05, 3.63) is 40.5 Å². The van der Waals surface area contributed by atoms with Crippen molar-refractivity contribution in [2.75, 3.05) is 5.32 Å². The van der Waals surface area contributed by atoms with Crippen molar-refractivity contribution < 1.29 is 4.79 Å². The van der Waals surface area contributed by atoms with Gasteiger partial charge in [0.25, 0.3) is 0 Å². The topological polar surface area (TPSA) is 55.1 Å². The number of fused-ring (bicyclic) bond motifs is 2. The first kappa shape index (κ1) is 12.3. The van der Waals surface area contributed by atoms with Gasteiger partial charge < -0.3 is 11.1 Å². The SMILES string of the molecule is C=CCc1c2c(c(NC(N)=O)c3c1CCC3)CCC2. The maximum atomic E-state index is 11.3. The van der Waals surface area contributed by atoms with Crippen LogP contribution in [-0.2, 0) is 32.1 Å². The van der Waals surface area contributed by atoms with E-state index < -0.39 is 6.03 Å². The fourth-order valence-corrected chi connectivity index (χ4v) is 3.73. The van der Waals surface area contributed by atoms with Crippen LogP contribution in [0.5, 0.6) is 0 Å². The van der Waals surface area contributed by atoms with Gasteiger partial charge in [-0.25, -0.2) is 4.79 Å². The summed E-state index contributed by atoms with van der Waals surface area (Å²) < 4.78 is 0. The summed E-state index contributed by atoms with van der Waals surface area (Å²) in [5.74, 6) is 0. The fourth-order valence-electron chi connectivity index (χ4n) is 3.73. The number of rotatable bonds is 3. The lowest BCUT2D eigenvalue weighted by atomic mass is 9.90. The molecule has 100 valence electrons. The Kier molecular flexibility index (Phi) is 3.05. The molecule has 3 heteroatoms. The molecular formula is C16H20N2O. The highest BCUT2D eigenvalue weighted by molar-refractivity contribution is 5.91. The van der Waals surface area contributed by atoms with Crippen LogP contribution < -0.4 is 11.1 Å². The van der Waals surface area contributed by atoms with Gasteiger partial charge in [0.1, 0.15) is 0 Å². The molecule has 0 saturated heterocycles. The molecule has 0 aromatic heterocycles. The van der Waals surface area contributed by atoms with Gasteiger partial charge in [0.15, 0.2) is 0 Å². The van der Waals surface area contributed by atoms with Crippen molar-refractivity contribution in [3.8, 4) is 0 Å². The second-order valence-electron chi connectivity index (χ2n) is 5.46. The molecule has 0 heterocycles. The van der Waals surface area contributed by atoms with E-state index >= 15 is 0 Å². The third kappa shape index (κ3) is 1.93. The zero-order chi connectivity index (χ0) is 13.4. The van der Waals surface area contributed by atoms with Crippen LogP contribution in [0.15, 0.2) is 12.7 Å². The van der Waals surface area contributed by atoms with E-state index in [0.29, 0.717) is 0 Å². The average molecular weight is 256 g/mol. The fraction of sp³-hybridized carbons (Fsp3) is 0.438. The standard InChI is InChI=1S/C16H20N2O/c1-2-5-10-11-6-3-8-13(11)15(18-16(17)19)14-9-4-7-12(10)14/h2H,1,3-9H2,(H3,17,18,19). The van der Waals surface area contributed by atoms with Gasteiger partial charge in [0.05, 0.1) is 0 Å². The number of hydrogen-bond donors (Lipinski definition) is 2. The molecule has 3 rings (SSSR count). The molecule has 1 aromatic carbocycles. The Morgan fingerprint density at radius 2 is 1.63 bits per heavy atom. The lowest BCUT2D eigenvalue weighted by molar-refractivity contribution is 0.259. The first-order valence-electron chi connectivity index (χ1n) is 7.08. The van der Waals surface area contributed by atoms with Crippen molar-refractivity contribution in [2.24, 2.45) is 5.73 Å². The molecule has 3 nitrogen and oxygen atoms in total.